The summed E-state index contributed by atoms with van der Waals surface area (Å²) in [6.07, 6.45) is 0. The van der Waals surface area contributed by atoms with E-state index in [1.807, 2.05) is 36.4 Å². The van der Waals surface area contributed by atoms with Gasteiger partial charge in [-0.3, -0.25) is 4.79 Å². The van der Waals surface area contributed by atoms with Crippen molar-refractivity contribution in [1.82, 2.24) is 9.55 Å². The van der Waals surface area contributed by atoms with Gasteiger partial charge in [0.2, 0.25) is 0 Å². The van der Waals surface area contributed by atoms with Gasteiger partial charge in [0.25, 0.3) is 5.56 Å². The molecule has 1 aromatic heterocycles. The normalized spacial score (nSPS) is 11.3. The van der Waals surface area contributed by atoms with E-state index in [-0.39, 0.29) is 6.61 Å². The Labute approximate surface area is 181 Å². The van der Waals surface area contributed by atoms with Gasteiger partial charge >= 0.3 is 5.69 Å². The Morgan fingerprint density at radius 1 is 0.871 bits per heavy atom. The van der Waals surface area contributed by atoms with Gasteiger partial charge in [-0.1, -0.05) is 66.2 Å². The predicted molar refractivity (Wildman–Crippen MR) is 124 cm³/mol. The fourth-order valence-electron chi connectivity index (χ4n) is 4.02. The zero-order chi connectivity index (χ0) is 21.5. The summed E-state index contributed by atoms with van der Waals surface area (Å²) in [7, 11) is 0. The number of aromatic nitrogens is 2. The summed E-state index contributed by atoms with van der Waals surface area (Å²) in [5, 5.41) is 12.3. The molecule has 0 aliphatic heterocycles. The standard InChI is InChI=1S/C25H17ClN2O3/c26-20-9-3-7-17(14-29)23(20)16-11-12-19-21(13-16)27-25(31)28(24(19)30)22-10-4-6-15-5-1-2-8-18(15)22/h1-13,29H,14H2,(H,27,31). The van der Waals surface area contributed by atoms with Crippen molar-refractivity contribution in [2.75, 3.05) is 0 Å². The summed E-state index contributed by atoms with van der Waals surface area (Å²) >= 11 is 6.37. The van der Waals surface area contributed by atoms with Crippen molar-refractivity contribution in [3.8, 4) is 16.8 Å². The van der Waals surface area contributed by atoms with E-state index in [1.54, 1.807) is 42.5 Å². The fraction of sp³-hybridized carbons (Fsp3) is 0.0400. The highest BCUT2D eigenvalue weighted by atomic mass is 35.5. The van der Waals surface area contributed by atoms with E-state index in [0.29, 0.717) is 38.3 Å². The molecule has 0 fully saturated rings. The average Bonchev–Trinajstić information content (AvgIpc) is 2.78. The molecule has 0 amide bonds. The number of aromatic amines is 1. The summed E-state index contributed by atoms with van der Waals surface area (Å²) < 4.78 is 1.17. The monoisotopic (exact) mass is 428 g/mol. The zero-order valence-electron chi connectivity index (χ0n) is 16.3. The second-order valence-corrected chi connectivity index (χ2v) is 7.67. The van der Waals surface area contributed by atoms with Crippen LogP contribution >= 0.6 is 11.6 Å². The van der Waals surface area contributed by atoms with Crippen LogP contribution in [0.4, 0.5) is 0 Å². The molecule has 1 heterocycles. The largest absolute Gasteiger partial charge is 0.392 e. The van der Waals surface area contributed by atoms with E-state index in [9.17, 15) is 14.7 Å². The van der Waals surface area contributed by atoms with E-state index < -0.39 is 11.2 Å². The van der Waals surface area contributed by atoms with E-state index in [1.165, 1.54) is 4.57 Å². The number of hydrogen-bond acceptors (Lipinski definition) is 3. The van der Waals surface area contributed by atoms with Crippen molar-refractivity contribution in [3.05, 3.63) is 110 Å². The molecule has 4 aromatic carbocycles. The highest BCUT2D eigenvalue weighted by molar-refractivity contribution is 6.33. The van der Waals surface area contributed by atoms with E-state index in [2.05, 4.69) is 4.98 Å². The van der Waals surface area contributed by atoms with Crippen LogP contribution in [0.2, 0.25) is 5.02 Å². The summed E-state index contributed by atoms with van der Waals surface area (Å²) in [6, 6.07) is 23.6. The highest BCUT2D eigenvalue weighted by Crippen LogP contribution is 2.32. The van der Waals surface area contributed by atoms with Gasteiger partial charge in [0.05, 0.1) is 23.2 Å². The zero-order valence-corrected chi connectivity index (χ0v) is 17.1. The number of aliphatic hydroxyl groups is 1. The SMILES string of the molecule is O=c1[nH]c2cc(-c3c(Cl)cccc3CO)ccc2c(=O)n1-c1cccc2ccccc12. The minimum atomic E-state index is -0.521. The number of hydrogen-bond donors (Lipinski definition) is 2. The molecule has 0 bridgehead atoms. The number of H-pyrrole nitrogens is 1. The van der Waals surface area contributed by atoms with Gasteiger partial charge in [-0.15, -0.1) is 0 Å². The van der Waals surface area contributed by atoms with Crippen molar-refractivity contribution >= 4 is 33.3 Å². The van der Waals surface area contributed by atoms with Crippen molar-refractivity contribution in [1.29, 1.82) is 0 Å². The van der Waals surface area contributed by atoms with Crippen molar-refractivity contribution in [2.45, 2.75) is 6.61 Å². The lowest BCUT2D eigenvalue weighted by Crippen LogP contribution is -2.33. The lowest BCUT2D eigenvalue weighted by Gasteiger charge is -2.12. The highest BCUT2D eigenvalue weighted by Gasteiger charge is 2.14. The minimum absolute atomic E-state index is 0.173. The van der Waals surface area contributed by atoms with Gasteiger partial charge in [-0.05, 0) is 40.8 Å². The second-order valence-electron chi connectivity index (χ2n) is 7.26. The van der Waals surface area contributed by atoms with Gasteiger partial charge < -0.3 is 10.1 Å². The first-order chi connectivity index (χ1) is 15.1. The fourth-order valence-corrected chi connectivity index (χ4v) is 4.32. The first-order valence-corrected chi connectivity index (χ1v) is 10.1. The van der Waals surface area contributed by atoms with Gasteiger partial charge in [0.1, 0.15) is 0 Å². The Bertz CT molecular complexity index is 1580. The van der Waals surface area contributed by atoms with Crippen LogP contribution in [0, 0.1) is 0 Å². The van der Waals surface area contributed by atoms with Gasteiger partial charge in [-0.25, -0.2) is 9.36 Å². The lowest BCUT2D eigenvalue weighted by atomic mass is 9.99. The van der Waals surface area contributed by atoms with Crippen LogP contribution in [0.25, 0.3) is 38.5 Å². The average molecular weight is 429 g/mol. The maximum atomic E-state index is 13.3. The molecule has 5 rings (SSSR count). The third kappa shape index (κ3) is 3.15. The molecule has 0 aliphatic carbocycles. The van der Waals surface area contributed by atoms with Crippen molar-refractivity contribution in [2.24, 2.45) is 0 Å². The number of aliphatic hydroxyl groups excluding tert-OH is 1. The van der Waals surface area contributed by atoms with Gasteiger partial charge in [0.15, 0.2) is 0 Å². The third-order valence-electron chi connectivity index (χ3n) is 5.46. The number of nitrogens with zero attached hydrogens (tertiary/aromatic N) is 1. The molecule has 0 saturated carbocycles. The molecule has 6 heteroatoms. The van der Waals surface area contributed by atoms with E-state index in [0.717, 1.165) is 10.8 Å². The van der Waals surface area contributed by atoms with Gasteiger partial charge in [0, 0.05) is 16.0 Å². The number of rotatable bonds is 3. The summed E-state index contributed by atoms with van der Waals surface area (Å²) in [5.41, 5.74) is 2.07. The van der Waals surface area contributed by atoms with Crippen LogP contribution in [-0.4, -0.2) is 14.7 Å². The number of benzene rings is 4. The molecule has 0 saturated heterocycles. The van der Waals surface area contributed by atoms with Crippen LogP contribution in [0.1, 0.15) is 5.56 Å². The molecule has 0 radical (unpaired) electrons. The predicted octanol–water partition coefficient (Wildman–Crippen LogP) is 4.64. The van der Waals surface area contributed by atoms with E-state index >= 15 is 0 Å². The molecule has 5 nitrogen and oxygen atoms in total. The maximum Gasteiger partial charge on any atom is 0.333 e. The molecule has 0 atom stereocenters. The molecule has 31 heavy (non-hydrogen) atoms. The second kappa shape index (κ2) is 7.54. The molecular formula is C25H17ClN2O3. The van der Waals surface area contributed by atoms with Crippen molar-refractivity contribution < 1.29 is 5.11 Å². The molecule has 152 valence electrons. The first-order valence-electron chi connectivity index (χ1n) is 9.74. The third-order valence-corrected chi connectivity index (χ3v) is 5.78. The quantitative estimate of drug-likeness (QED) is 0.439. The van der Waals surface area contributed by atoms with Crippen LogP contribution in [-0.2, 0) is 6.61 Å². The smallest absolute Gasteiger partial charge is 0.333 e. The Morgan fingerprint density at radius 2 is 1.65 bits per heavy atom. The van der Waals surface area contributed by atoms with Crippen LogP contribution in [0.15, 0.2) is 88.5 Å². The Balaban J connectivity index is 1.77. The van der Waals surface area contributed by atoms with Gasteiger partial charge in [-0.2, -0.15) is 0 Å². The lowest BCUT2D eigenvalue weighted by molar-refractivity contribution is 0.282. The topological polar surface area (TPSA) is 75.1 Å². The Hall–Kier alpha value is -3.67. The summed E-state index contributed by atoms with van der Waals surface area (Å²) in [5.74, 6) is 0. The first kappa shape index (κ1) is 19.3. The molecule has 0 spiro atoms. The molecule has 5 aromatic rings. The molecule has 2 N–H and O–H groups in total. The Morgan fingerprint density at radius 3 is 2.48 bits per heavy atom. The molecular weight excluding hydrogens is 412 g/mol. The Kier molecular flexibility index (Phi) is 4.70. The summed E-state index contributed by atoms with van der Waals surface area (Å²) in [4.78, 5) is 29.1. The number of halogens is 1. The van der Waals surface area contributed by atoms with Crippen LogP contribution in [0.3, 0.4) is 0 Å². The maximum absolute atomic E-state index is 13.3. The number of fused-ring (bicyclic) bond motifs is 2. The number of nitrogens with one attached hydrogen (secondary N) is 1. The van der Waals surface area contributed by atoms with Crippen molar-refractivity contribution in [3.63, 3.8) is 0 Å². The van der Waals surface area contributed by atoms with E-state index in [4.69, 9.17) is 11.6 Å². The molecule has 0 unspecified atom stereocenters. The van der Waals surface area contributed by atoms with Crippen LogP contribution in [0.5, 0.6) is 0 Å². The minimum Gasteiger partial charge on any atom is -0.392 e. The summed E-state index contributed by atoms with van der Waals surface area (Å²) in [6.45, 7) is -0.173. The molecule has 0 aliphatic rings. The van der Waals surface area contributed by atoms with Crippen LogP contribution < -0.4 is 11.2 Å².